The van der Waals surface area contributed by atoms with Gasteiger partial charge in [-0.05, 0) is 0 Å². The quantitative estimate of drug-likeness (QED) is 0.414. The molecule has 0 bridgehead atoms. The van der Waals surface area contributed by atoms with Crippen LogP contribution in [0.25, 0.3) is 0 Å². The summed E-state index contributed by atoms with van der Waals surface area (Å²) in [5.41, 5.74) is 0. The van der Waals surface area contributed by atoms with Crippen LogP contribution in [0.2, 0.25) is 0 Å². The van der Waals surface area contributed by atoms with Crippen LogP contribution in [0.5, 0.6) is 0 Å². The van der Waals surface area contributed by atoms with E-state index in [1.54, 1.807) is 27.7 Å². The van der Waals surface area contributed by atoms with Crippen LogP contribution in [0, 0.1) is 0 Å². The molecule has 0 aromatic heterocycles. The van der Waals surface area contributed by atoms with E-state index in [9.17, 15) is 0 Å². The molecule has 9 N–H and O–H groups in total. The summed E-state index contributed by atoms with van der Waals surface area (Å²) in [4.78, 5) is 0. The van der Waals surface area contributed by atoms with Crippen molar-refractivity contribution in [3.63, 3.8) is 0 Å². The molecule has 0 heterocycles. The van der Waals surface area contributed by atoms with Gasteiger partial charge in [0.15, 0.2) is 0 Å². The van der Waals surface area contributed by atoms with Gasteiger partial charge >= 0.3 is 0 Å². The Morgan fingerprint density at radius 1 is 0.571 bits per heavy atom. The predicted octanol–water partition coefficient (Wildman–Crippen LogP) is -2.13. The average Bonchev–Trinajstić information content (AvgIpc) is 1.88. The monoisotopic (exact) mass is 275 g/mol. The van der Waals surface area contributed by atoms with Crippen molar-refractivity contribution in [2.75, 3.05) is 0 Å². The fourth-order valence-corrected chi connectivity index (χ4v) is 0. The molecule has 0 saturated heterocycles. The smallest absolute Gasteiger partial charge is 0.222 e. The molecule has 0 aliphatic heterocycles. The minimum Gasteiger partial charge on any atom is -0.870 e. The first kappa shape index (κ1) is 23.9. The molecule has 0 rings (SSSR count). The normalized spacial score (nSPS) is 17.1. The Bertz CT molecular complexity index is 71.7. The van der Waals surface area contributed by atoms with Gasteiger partial charge in [0.1, 0.15) is 0 Å². The van der Waals surface area contributed by atoms with Crippen molar-refractivity contribution >= 4 is 17.6 Å². The largest absolute Gasteiger partial charge is 0.870 e. The molecular formula is C8H25GeO5+3. The zero-order chi connectivity index (χ0) is 10.3. The van der Waals surface area contributed by atoms with Crippen LogP contribution in [0.4, 0.5) is 0 Å². The van der Waals surface area contributed by atoms with Crippen LogP contribution in [-0.2, 0) is 0 Å². The molecule has 0 aromatic rings. The maximum Gasteiger partial charge on any atom is 0.222 e. The van der Waals surface area contributed by atoms with Gasteiger partial charge in [-0.3, -0.25) is 0 Å². The van der Waals surface area contributed by atoms with Gasteiger partial charge in [-0.2, -0.15) is 0 Å². The molecule has 0 aliphatic carbocycles. The van der Waals surface area contributed by atoms with Crippen LogP contribution in [0.3, 0.4) is 0 Å². The summed E-state index contributed by atoms with van der Waals surface area (Å²) in [5, 5.41) is 27.4. The van der Waals surface area contributed by atoms with Gasteiger partial charge in [0, 0.05) is 45.3 Å². The van der Waals surface area contributed by atoms with Crippen LogP contribution >= 0.6 is 0 Å². The summed E-state index contributed by atoms with van der Waals surface area (Å²) >= 11 is 0. The molecule has 0 saturated carbocycles. The van der Waals surface area contributed by atoms with Crippen LogP contribution in [-0.4, -0.2) is 67.9 Å². The topological polar surface area (TPSA) is 122 Å². The average molecular weight is 274 g/mol. The van der Waals surface area contributed by atoms with Gasteiger partial charge in [-0.15, -0.1) is 0 Å². The molecule has 0 amide bonds. The SMILES string of the molecule is CC([OH2+])C(C)[OH2+].CC([OH2+])C(C)[OH2+].[Ge].[OH-]. The second-order valence-electron chi connectivity index (χ2n) is 3.15. The van der Waals surface area contributed by atoms with E-state index in [-0.39, 0.29) is 47.5 Å². The first-order valence-corrected chi connectivity index (χ1v) is 4.13. The molecule has 0 spiro atoms. The molecular weight excluding hydrogens is 249 g/mol. The van der Waals surface area contributed by atoms with Gasteiger partial charge in [0.2, 0.25) is 24.4 Å². The first-order chi connectivity index (χ1) is 5.29. The second-order valence-corrected chi connectivity index (χ2v) is 3.15. The van der Waals surface area contributed by atoms with E-state index in [1.807, 2.05) is 0 Å². The Morgan fingerprint density at radius 3 is 0.643 bits per heavy atom. The van der Waals surface area contributed by atoms with Crippen LogP contribution in [0.1, 0.15) is 27.7 Å². The fraction of sp³-hybridized carbons (Fsp3) is 1.00. The summed E-state index contributed by atoms with van der Waals surface area (Å²) in [5.74, 6) is 0. The molecule has 0 aliphatic rings. The first-order valence-electron chi connectivity index (χ1n) is 4.13. The minimum atomic E-state index is -0.231. The Hall–Kier alpha value is 0.343. The molecule has 6 heteroatoms. The standard InChI is InChI=1S/2C4H10O2.Ge.H2O/c2*1-3(5)4(2)6;;/h2*3-6H,1-2H3;;1H2/p+3. The molecule has 0 fully saturated rings. The van der Waals surface area contributed by atoms with Crippen molar-refractivity contribution in [2.45, 2.75) is 52.1 Å². The summed E-state index contributed by atoms with van der Waals surface area (Å²) < 4.78 is 0. The number of hydrogen-bond donors (Lipinski definition) is 0. The van der Waals surface area contributed by atoms with Crippen LogP contribution < -0.4 is 0 Å². The van der Waals surface area contributed by atoms with Crippen molar-refractivity contribution in [3.8, 4) is 0 Å². The van der Waals surface area contributed by atoms with E-state index in [2.05, 4.69) is 0 Å². The molecule has 5 nitrogen and oxygen atoms in total. The van der Waals surface area contributed by atoms with E-state index in [1.165, 1.54) is 0 Å². The molecule has 88 valence electrons. The van der Waals surface area contributed by atoms with Gasteiger partial charge in [0.05, 0.1) is 0 Å². The van der Waals surface area contributed by atoms with Crippen molar-refractivity contribution in [3.05, 3.63) is 0 Å². The van der Waals surface area contributed by atoms with E-state index in [4.69, 9.17) is 20.4 Å². The second kappa shape index (κ2) is 13.3. The Kier molecular flexibility index (Phi) is 22.7. The third kappa shape index (κ3) is 22.8. The molecule has 4 radical (unpaired) electrons. The Morgan fingerprint density at radius 2 is 0.643 bits per heavy atom. The van der Waals surface area contributed by atoms with E-state index in [0.717, 1.165) is 0 Å². The zero-order valence-electron chi connectivity index (χ0n) is 9.26. The summed E-state index contributed by atoms with van der Waals surface area (Å²) in [6.45, 7) is 6.88. The van der Waals surface area contributed by atoms with Crippen molar-refractivity contribution in [1.82, 2.24) is 0 Å². The molecule has 14 heavy (non-hydrogen) atoms. The summed E-state index contributed by atoms with van der Waals surface area (Å²) in [6, 6.07) is 0. The van der Waals surface area contributed by atoms with Crippen molar-refractivity contribution in [1.29, 1.82) is 0 Å². The van der Waals surface area contributed by atoms with E-state index >= 15 is 0 Å². The summed E-state index contributed by atoms with van der Waals surface area (Å²) in [6.07, 6.45) is -0.926. The fourth-order valence-electron chi connectivity index (χ4n) is 0. The van der Waals surface area contributed by atoms with E-state index in [0.29, 0.717) is 0 Å². The summed E-state index contributed by atoms with van der Waals surface area (Å²) in [7, 11) is 0. The Labute approximate surface area is 96.1 Å². The van der Waals surface area contributed by atoms with Crippen LogP contribution in [0.15, 0.2) is 0 Å². The molecule has 4 unspecified atom stereocenters. The third-order valence-corrected chi connectivity index (χ3v) is 1.50. The molecule has 4 atom stereocenters. The van der Waals surface area contributed by atoms with Crippen molar-refractivity contribution in [2.24, 2.45) is 0 Å². The minimum absolute atomic E-state index is 0. The zero-order valence-corrected chi connectivity index (χ0v) is 11.4. The Balaban J connectivity index is -0.0000000625. The van der Waals surface area contributed by atoms with E-state index < -0.39 is 0 Å². The maximum atomic E-state index is 6.84. The van der Waals surface area contributed by atoms with Gasteiger partial charge < -0.3 is 25.9 Å². The predicted molar refractivity (Wildman–Crippen MR) is 60.0 cm³/mol. The van der Waals surface area contributed by atoms with Gasteiger partial charge in [0.25, 0.3) is 0 Å². The van der Waals surface area contributed by atoms with Gasteiger partial charge in [-0.1, -0.05) is 0 Å². The number of rotatable bonds is 2. The molecule has 0 aromatic carbocycles. The number of hydrogen-bond acceptors (Lipinski definition) is 1. The van der Waals surface area contributed by atoms with Gasteiger partial charge in [-0.25, -0.2) is 0 Å². The van der Waals surface area contributed by atoms with Crippen molar-refractivity contribution < 1.29 is 25.9 Å². The maximum absolute atomic E-state index is 6.84. The third-order valence-electron chi connectivity index (χ3n) is 1.50.